The van der Waals surface area contributed by atoms with Crippen LogP contribution in [0.3, 0.4) is 0 Å². The van der Waals surface area contributed by atoms with E-state index in [0.717, 1.165) is 5.69 Å². The van der Waals surface area contributed by atoms with Crippen molar-refractivity contribution in [2.75, 3.05) is 14.2 Å². The van der Waals surface area contributed by atoms with E-state index in [2.05, 4.69) is 9.84 Å². The van der Waals surface area contributed by atoms with Gasteiger partial charge in [-0.05, 0) is 6.08 Å². The fraction of sp³-hybridized carbons (Fsp3) is 0.400. The average Bonchev–Trinajstić information content (AvgIpc) is 2.67. The second-order valence-corrected chi connectivity index (χ2v) is 3.57. The zero-order chi connectivity index (χ0) is 11.7. The lowest BCUT2D eigenvalue weighted by atomic mass is 10.1. The molecule has 2 heterocycles. The van der Waals surface area contributed by atoms with Gasteiger partial charge < -0.3 is 14.7 Å². The molecule has 0 bridgehead atoms. The molecule has 1 atom stereocenters. The zero-order valence-corrected chi connectivity index (χ0v) is 9.12. The van der Waals surface area contributed by atoms with Crippen LogP contribution in [0, 0.1) is 0 Å². The molecule has 6 nitrogen and oxygen atoms in total. The highest BCUT2D eigenvalue weighted by Gasteiger charge is 2.22. The maximum atomic E-state index is 11.1. The molecule has 6 heteroatoms. The minimum absolute atomic E-state index is 0.0482. The molecule has 1 aromatic heterocycles. The number of rotatable bonds is 2. The Morgan fingerprint density at radius 2 is 2.44 bits per heavy atom. The highest BCUT2D eigenvalue weighted by Crippen LogP contribution is 2.26. The smallest absolute Gasteiger partial charge is 0.327 e. The standard InChI is InChI=1S/C10H13N3O3/c1-12-4-3-8-7(10(12)15)5-11-13(8)6-9(14)16-2/h3-5,10,15H,6H2,1-2H3. The summed E-state index contributed by atoms with van der Waals surface area (Å²) in [6.07, 6.45) is 4.38. The lowest BCUT2D eigenvalue weighted by Crippen LogP contribution is -2.23. The van der Waals surface area contributed by atoms with Crippen molar-refractivity contribution >= 4 is 12.0 Å². The van der Waals surface area contributed by atoms with Crippen LogP contribution >= 0.6 is 0 Å². The predicted octanol–water partition coefficient (Wildman–Crippen LogP) is -0.0369. The number of aliphatic hydroxyl groups is 1. The second-order valence-electron chi connectivity index (χ2n) is 3.57. The molecule has 1 aromatic rings. The van der Waals surface area contributed by atoms with Crippen LogP contribution in [0.2, 0.25) is 0 Å². The zero-order valence-electron chi connectivity index (χ0n) is 9.12. The minimum Gasteiger partial charge on any atom is -0.468 e. The summed E-state index contributed by atoms with van der Waals surface area (Å²) in [5.41, 5.74) is 1.42. The number of aromatic nitrogens is 2. The summed E-state index contributed by atoms with van der Waals surface area (Å²) < 4.78 is 6.07. The van der Waals surface area contributed by atoms with E-state index in [0.29, 0.717) is 5.56 Å². The molecule has 0 amide bonds. The van der Waals surface area contributed by atoms with Crippen molar-refractivity contribution in [2.24, 2.45) is 0 Å². The molecule has 1 unspecified atom stereocenters. The van der Waals surface area contributed by atoms with Crippen molar-refractivity contribution in [3.63, 3.8) is 0 Å². The van der Waals surface area contributed by atoms with E-state index in [1.54, 1.807) is 30.4 Å². The number of hydrogen-bond donors (Lipinski definition) is 1. The number of carbonyl (C=O) groups is 1. The molecule has 1 aliphatic heterocycles. The SMILES string of the molecule is COC(=O)Cn1ncc2c1C=CN(C)C2O. The van der Waals surface area contributed by atoms with Crippen LogP contribution in [0.15, 0.2) is 12.4 Å². The number of nitrogens with zero attached hydrogens (tertiary/aromatic N) is 3. The number of methoxy groups -OCH3 is 1. The first-order chi connectivity index (χ1) is 7.63. The number of esters is 1. The van der Waals surface area contributed by atoms with E-state index in [1.165, 1.54) is 11.8 Å². The first kappa shape index (κ1) is 10.7. The van der Waals surface area contributed by atoms with Crippen LogP contribution in [-0.2, 0) is 16.1 Å². The second kappa shape index (κ2) is 3.97. The van der Waals surface area contributed by atoms with E-state index in [-0.39, 0.29) is 12.5 Å². The van der Waals surface area contributed by atoms with E-state index in [1.807, 2.05) is 0 Å². The quantitative estimate of drug-likeness (QED) is 0.713. The van der Waals surface area contributed by atoms with Gasteiger partial charge in [-0.1, -0.05) is 0 Å². The monoisotopic (exact) mass is 223 g/mol. The average molecular weight is 223 g/mol. The fourth-order valence-electron chi connectivity index (χ4n) is 1.59. The van der Waals surface area contributed by atoms with Crippen LogP contribution in [0.4, 0.5) is 0 Å². The topological polar surface area (TPSA) is 67.6 Å². The Balaban J connectivity index is 2.30. The lowest BCUT2D eigenvalue weighted by Gasteiger charge is -2.25. The Morgan fingerprint density at radius 1 is 1.69 bits per heavy atom. The summed E-state index contributed by atoms with van der Waals surface area (Å²) in [6.45, 7) is 0.0482. The van der Waals surface area contributed by atoms with Crippen LogP contribution < -0.4 is 0 Å². The van der Waals surface area contributed by atoms with Gasteiger partial charge in [0.1, 0.15) is 6.54 Å². The molecule has 1 aliphatic rings. The van der Waals surface area contributed by atoms with Gasteiger partial charge in [-0.2, -0.15) is 5.10 Å². The molecule has 0 spiro atoms. The van der Waals surface area contributed by atoms with E-state index in [9.17, 15) is 9.90 Å². The van der Waals surface area contributed by atoms with Gasteiger partial charge in [0.05, 0.1) is 19.0 Å². The van der Waals surface area contributed by atoms with Gasteiger partial charge in [-0.25, -0.2) is 0 Å². The lowest BCUT2D eigenvalue weighted by molar-refractivity contribution is -0.141. The molecule has 0 aliphatic carbocycles. The molecule has 0 saturated carbocycles. The van der Waals surface area contributed by atoms with Crippen molar-refractivity contribution in [3.8, 4) is 0 Å². The highest BCUT2D eigenvalue weighted by molar-refractivity contribution is 5.69. The molecule has 16 heavy (non-hydrogen) atoms. The van der Waals surface area contributed by atoms with Crippen molar-refractivity contribution in [2.45, 2.75) is 12.8 Å². The van der Waals surface area contributed by atoms with Gasteiger partial charge in [0.15, 0.2) is 6.23 Å². The molecule has 86 valence electrons. The molecule has 0 aromatic carbocycles. The first-order valence-electron chi connectivity index (χ1n) is 4.84. The van der Waals surface area contributed by atoms with Crippen molar-refractivity contribution in [1.29, 1.82) is 0 Å². The van der Waals surface area contributed by atoms with Crippen molar-refractivity contribution < 1.29 is 14.6 Å². The molecular formula is C10H13N3O3. The minimum atomic E-state index is -0.716. The Labute approximate surface area is 92.7 Å². The summed E-state index contributed by atoms with van der Waals surface area (Å²) in [5.74, 6) is -0.368. The normalized spacial score (nSPS) is 18.4. The highest BCUT2D eigenvalue weighted by atomic mass is 16.5. The maximum Gasteiger partial charge on any atom is 0.327 e. The number of hydrogen-bond acceptors (Lipinski definition) is 5. The van der Waals surface area contributed by atoms with Crippen LogP contribution in [-0.4, -0.2) is 39.9 Å². The number of ether oxygens (including phenoxy) is 1. The molecule has 2 rings (SSSR count). The predicted molar refractivity (Wildman–Crippen MR) is 56.0 cm³/mol. The number of carbonyl (C=O) groups excluding carboxylic acids is 1. The van der Waals surface area contributed by atoms with Crippen molar-refractivity contribution in [3.05, 3.63) is 23.7 Å². The fourth-order valence-corrected chi connectivity index (χ4v) is 1.59. The van der Waals surface area contributed by atoms with Crippen LogP contribution in [0.5, 0.6) is 0 Å². The van der Waals surface area contributed by atoms with E-state index in [4.69, 9.17) is 0 Å². The Bertz CT molecular complexity index is 439. The largest absolute Gasteiger partial charge is 0.468 e. The first-order valence-corrected chi connectivity index (χ1v) is 4.84. The van der Waals surface area contributed by atoms with Crippen molar-refractivity contribution in [1.82, 2.24) is 14.7 Å². The molecular weight excluding hydrogens is 210 g/mol. The summed E-state index contributed by atoms with van der Waals surface area (Å²) >= 11 is 0. The van der Waals surface area contributed by atoms with Crippen LogP contribution in [0.25, 0.3) is 6.08 Å². The van der Waals surface area contributed by atoms with Gasteiger partial charge in [0, 0.05) is 18.8 Å². The van der Waals surface area contributed by atoms with Crippen LogP contribution in [0.1, 0.15) is 17.5 Å². The summed E-state index contributed by atoms with van der Waals surface area (Å²) in [6, 6.07) is 0. The Kier molecular flexibility index (Phi) is 2.66. The van der Waals surface area contributed by atoms with E-state index < -0.39 is 6.23 Å². The Morgan fingerprint density at radius 3 is 3.12 bits per heavy atom. The number of fused-ring (bicyclic) bond motifs is 1. The maximum absolute atomic E-state index is 11.1. The van der Waals surface area contributed by atoms with Gasteiger partial charge in [-0.3, -0.25) is 9.48 Å². The summed E-state index contributed by atoms with van der Waals surface area (Å²) in [4.78, 5) is 12.8. The third kappa shape index (κ3) is 1.67. The van der Waals surface area contributed by atoms with Gasteiger partial charge in [0.2, 0.25) is 0 Å². The summed E-state index contributed by atoms with van der Waals surface area (Å²) in [5, 5.41) is 13.9. The summed E-state index contributed by atoms with van der Waals surface area (Å²) in [7, 11) is 3.10. The molecule has 0 saturated heterocycles. The number of aliphatic hydroxyl groups excluding tert-OH is 1. The molecule has 0 radical (unpaired) electrons. The third-order valence-electron chi connectivity index (χ3n) is 2.55. The Hall–Kier alpha value is -1.82. The molecule has 1 N–H and O–H groups in total. The van der Waals surface area contributed by atoms with Gasteiger partial charge in [-0.15, -0.1) is 0 Å². The molecule has 0 fully saturated rings. The van der Waals surface area contributed by atoms with Gasteiger partial charge >= 0.3 is 5.97 Å². The third-order valence-corrected chi connectivity index (χ3v) is 2.55. The van der Waals surface area contributed by atoms with Gasteiger partial charge in [0.25, 0.3) is 0 Å². The van der Waals surface area contributed by atoms with E-state index >= 15 is 0 Å².